The van der Waals surface area contributed by atoms with Gasteiger partial charge in [0, 0.05) is 18.7 Å². The van der Waals surface area contributed by atoms with Gasteiger partial charge in [0.05, 0.1) is 6.61 Å². The molecule has 0 aliphatic heterocycles. The van der Waals surface area contributed by atoms with Crippen LogP contribution in [-0.4, -0.2) is 24.9 Å². The maximum atomic E-state index is 8.65. The maximum Gasteiger partial charge on any atom is 0.124 e. The first-order chi connectivity index (χ1) is 7.38. The molecule has 0 bridgehead atoms. The lowest BCUT2D eigenvalue weighted by atomic mass is 10.2. The van der Waals surface area contributed by atoms with Crippen LogP contribution in [0.5, 0.6) is 5.75 Å². The molecule has 0 amide bonds. The molecule has 82 valence electrons. The smallest absolute Gasteiger partial charge is 0.124 e. The van der Waals surface area contributed by atoms with Crippen LogP contribution in [0.15, 0.2) is 36.9 Å². The summed E-state index contributed by atoms with van der Waals surface area (Å²) in [6.45, 7) is 5.56. The maximum absolute atomic E-state index is 8.65. The Labute approximate surface area is 90.4 Å². The Bertz CT molecular complexity index is 299. The van der Waals surface area contributed by atoms with E-state index in [1.165, 1.54) is 0 Å². The number of hydrogen-bond acceptors (Lipinski definition) is 3. The Morgan fingerprint density at radius 3 is 2.93 bits per heavy atom. The third-order valence-corrected chi connectivity index (χ3v) is 1.93. The number of para-hydroxylation sites is 1. The van der Waals surface area contributed by atoms with Gasteiger partial charge in [-0.15, -0.1) is 0 Å². The molecule has 1 aromatic carbocycles. The monoisotopic (exact) mass is 207 g/mol. The van der Waals surface area contributed by atoms with Gasteiger partial charge in [-0.1, -0.05) is 30.9 Å². The van der Waals surface area contributed by atoms with Gasteiger partial charge in [-0.3, -0.25) is 0 Å². The van der Waals surface area contributed by atoms with Crippen molar-refractivity contribution in [2.75, 3.05) is 19.8 Å². The third-order valence-electron chi connectivity index (χ3n) is 1.93. The standard InChI is InChI=1S/C12H17NO2/c1-2-9-15-12-6-4-3-5-11(12)10-13-7-8-14/h2-6,13-14H,1,7-10H2. The summed E-state index contributed by atoms with van der Waals surface area (Å²) >= 11 is 0. The van der Waals surface area contributed by atoms with Gasteiger partial charge in [-0.05, 0) is 6.07 Å². The first kappa shape index (κ1) is 11.8. The van der Waals surface area contributed by atoms with Crippen LogP contribution in [0.25, 0.3) is 0 Å². The van der Waals surface area contributed by atoms with Gasteiger partial charge in [0.25, 0.3) is 0 Å². The molecule has 0 radical (unpaired) electrons. The van der Waals surface area contributed by atoms with Crippen molar-refractivity contribution >= 4 is 0 Å². The minimum Gasteiger partial charge on any atom is -0.489 e. The van der Waals surface area contributed by atoms with Gasteiger partial charge in [0.1, 0.15) is 12.4 Å². The minimum absolute atomic E-state index is 0.148. The van der Waals surface area contributed by atoms with Gasteiger partial charge < -0.3 is 15.2 Å². The van der Waals surface area contributed by atoms with Crippen molar-refractivity contribution in [2.45, 2.75) is 6.54 Å². The molecule has 0 aliphatic rings. The molecule has 2 N–H and O–H groups in total. The second-order valence-corrected chi connectivity index (χ2v) is 3.11. The zero-order valence-electron chi connectivity index (χ0n) is 8.78. The quantitative estimate of drug-likeness (QED) is 0.523. The van der Waals surface area contributed by atoms with E-state index < -0.39 is 0 Å². The molecule has 1 rings (SSSR count). The zero-order valence-corrected chi connectivity index (χ0v) is 8.78. The van der Waals surface area contributed by atoms with E-state index in [2.05, 4.69) is 11.9 Å². The molecule has 0 unspecified atom stereocenters. The Morgan fingerprint density at radius 1 is 1.40 bits per heavy atom. The fourth-order valence-electron chi connectivity index (χ4n) is 1.24. The third kappa shape index (κ3) is 4.14. The van der Waals surface area contributed by atoms with E-state index in [1.54, 1.807) is 6.08 Å². The number of aliphatic hydroxyl groups excluding tert-OH is 1. The summed E-state index contributed by atoms with van der Waals surface area (Å²) in [5, 5.41) is 11.8. The van der Waals surface area contributed by atoms with Crippen molar-refractivity contribution < 1.29 is 9.84 Å². The summed E-state index contributed by atoms with van der Waals surface area (Å²) < 4.78 is 5.50. The van der Waals surface area contributed by atoms with Crippen molar-refractivity contribution in [2.24, 2.45) is 0 Å². The van der Waals surface area contributed by atoms with Crippen LogP contribution in [0.2, 0.25) is 0 Å². The highest BCUT2D eigenvalue weighted by Gasteiger charge is 2.00. The molecule has 0 aromatic heterocycles. The number of rotatable bonds is 7. The molecular formula is C12H17NO2. The second kappa shape index (κ2) is 7.04. The summed E-state index contributed by atoms with van der Waals surface area (Å²) in [6.07, 6.45) is 1.72. The molecule has 0 saturated heterocycles. The Morgan fingerprint density at radius 2 is 2.20 bits per heavy atom. The van der Waals surface area contributed by atoms with E-state index in [0.717, 1.165) is 11.3 Å². The Hall–Kier alpha value is -1.32. The lowest BCUT2D eigenvalue weighted by Gasteiger charge is -2.10. The molecule has 0 heterocycles. The van der Waals surface area contributed by atoms with Crippen molar-refractivity contribution in [1.29, 1.82) is 0 Å². The largest absolute Gasteiger partial charge is 0.489 e. The summed E-state index contributed by atoms with van der Waals surface area (Å²) in [6, 6.07) is 7.84. The van der Waals surface area contributed by atoms with E-state index in [-0.39, 0.29) is 6.61 Å². The van der Waals surface area contributed by atoms with E-state index in [0.29, 0.717) is 19.7 Å². The highest BCUT2D eigenvalue weighted by molar-refractivity contribution is 5.33. The predicted octanol–water partition coefficient (Wildman–Crippen LogP) is 1.33. The Kier molecular flexibility index (Phi) is 5.51. The molecule has 3 nitrogen and oxygen atoms in total. The fraction of sp³-hybridized carbons (Fsp3) is 0.333. The topological polar surface area (TPSA) is 41.5 Å². The first-order valence-corrected chi connectivity index (χ1v) is 5.01. The van der Waals surface area contributed by atoms with Crippen LogP contribution in [0.1, 0.15) is 5.56 Å². The van der Waals surface area contributed by atoms with Crippen LogP contribution in [0.4, 0.5) is 0 Å². The van der Waals surface area contributed by atoms with Crippen LogP contribution >= 0.6 is 0 Å². The highest BCUT2D eigenvalue weighted by atomic mass is 16.5. The van der Waals surface area contributed by atoms with Crippen LogP contribution < -0.4 is 10.1 Å². The predicted molar refractivity (Wildman–Crippen MR) is 60.9 cm³/mol. The summed E-state index contributed by atoms with van der Waals surface area (Å²) in [7, 11) is 0. The molecule has 1 aromatic rings. The SMILES string of the molecule is C=CCOc1ccccc1CNCCO. The lowest BCUT2D eigenvalue weighted by Crippen LogP contribution is -2.18. The summed E-state index contributed by atoms with van der Waals surface area (Å²) in [5.41, 5.74) is 1.09. The molecule has 3 heteroatoms. The molecule has 0 atom stereocenters. The van der Waals surface area contributed by atoms with Gasteiger partial charge >= 0.3 is 0 Å². The van der Waals surface area contributed by atoms with Crippen LogP contribution in [0, 0.1) is 0 Å². The zero-order chi connectivity index (χ0) is 10.9. The number of ether oxygens (including phenoxy) is 1. The fourth-order valence-corrected chi connectivity index (χ4v) is 1.24. The van der Waals surface area contributed by atoms with Crippen LogP contribution in [-0.2, 0) is 6.54 Å². The van der Waals surface area contributed by atoms with Crippen molar-refractivity contribution in [3.8, 4) is 5.75 Å². The molecule has 0 spiro atoms. The van der Waals surface area contributed by atoms with E-state index >= 15 is 0 Å². The van der Waals surface area contributed by atoms with E-state index in [1.807, 2.05) is 24.3 Å². The lowest BCUT2D eigenvalue weighted by molar-refractivity contribution is 0.291. The van der Waals surface area contributed by atoms with E-state index in [9.17, 15) is 0 Å². The number of hydrogen-bond donors (Lipinski definition) is 2. The number of benzene rings is 1. The summed E-state index contributed by atoms with van der Waals surface area (Å²) in [5.74, 6) is 0.864. The number of nitrogens with one attached hydrogen (secondary N) is 1. The van der Waals surface area contributed by atoms with Crippen molar-refractivity contribution in [3.63, 3.8) is 0 Å². The van der Waals surface area contributed by atoms with Crippen molar-refractivity contribution in [3.05, 3.63) is 42.5 Å². The van der Waals surface area contributed by atoms with Gasteiger partial charge in [-0.2, -0.15) is 0 Å². The highest BCUT2D eigenvalue weighted by Crippen LogP contribution is 2.17. The average molecular weight is 207 g/mol. The normalized spacial score (nSPS) is 9.93. The molecule has 15 heavy (non-hydrogen) atoms. The van der Waals surface area contributed by atoms with Gasteiger partial charge in [-0.25, -0.2) is 0 Å². The minimum atomic E-state index is 0.148. The molecule has 0 aliphatic carbocycles. The van der Waals surface area contributed by atoms with E-state index in [4.69, 9.17) is 9.84 Å². The second-order valence-electron chi connectivity index (χ2n) is 3.11. The number of aliphatic hydroxyl groups is 1. The Balaban J connectivity index is 2.55. The average Bonchev–Trinajstić information content (AvgIpc) is 2.28. The van der Waals surface area contributed by atoms with Gasteiger partial charge in [0.2, 0.25) is 0 Å². The molecule has 0 saturated carbocycles. The molecular weight excluding hydrogens is 190 g/mol. The van der Waals surface area contributed by atoms with Gasteiger partial charge in [0.15, 0.2) is 0 Å². The van der Waals surface area contributed by atoms with Crippen molar-refractivity contribution in [1.82, 2.24) is 5.32 Å². The van der Waals surface area contributed by atoms with Crippen LogP contribution in [0.3, 0.4) is 0 Å². The molecule has 0 fully saturated rings. The summed E-state index contributed by atoms with van der Waals surface area (Å²) in [4.78, 5) is 0. The first-order valence-electron chi connectivity index (χ1n) is 5.01.